The summed E-state index contributed by atoms with van der Waals surface area (Å²) in [5.41, 5.74) is 1.37. The van der Waals surface area contributed by atoms with Crippen molar-refractivity contribution in [3.63, 3.8) is 0 Å². The van der Waals surface area contributed by atoms with Crippen molar-refractivity contribution in [3.8, 4) is 0 Å². The van der Waals surface area contributed by atoms with Crippen molar-refractivity contribution in [2.24, 2.45) is 0 Å². The fourth-order valence-electron chi connectivity index (χ4n) is 3.75. The second-order valence-electron chi connectivity index (χ2n) is 7.40. The average Bonchev–Trinajstić information content (AvgIpc) is 3.41. The van der Waals surface area contributed by atoms with Gasteiger partial charge in [0.1, 0.15) is 0 Å². The molecular formula is C21H22ClN3O4S. The van der Waals surface area contributed by atoms with Gasteiger partial charge in [-0.15, -0.1) is 0 Å². The summed E-state index contributed by atoms with van der Waals surface area (Å²) in [7, 11) is -3.49. The fraction of sp³-hybridized carbons (Fsp3) is 0.333. The van der Waals surface area contributed by atoms with E-state index in [9.17, 15) is 18.0 Å². The van der Waals surface area contributed by atoms with Gasteiger partial charge in [0.05, 0.1) is 15.6 Å². The maximum absolute atomic E-state index is 12.7. The molecule has 2 heterocycles. The van der Waals surface area contributed by atoms with Crippen LogP contribution < -0.4 is 10.2 Å². The van der Waals surface area contributed by atoms with E-state index in [4.69, 9.17) is 11.6 Å². The number of hydrogen-bond acceptors (Lipinski definition) is 4. The van der Waals surface area contributed by atoms with Gasteiger partial charge in [0.25, 0.3) is 5.91 Å². The van der Waals surface area contributed by atoms with Crippen LogP contribution in [0.1, 0.15) is 36.0 Å². The molecule has 0 bridgehead atoms. The number of nitrogens with one attached hydrogen (secondary N) is 1. The smallest absolute Gasteiger partial charge is 0.255 e. The van der Waals surface area contributed by atoms with Gasteiger partial charge in [-0.1, -0.05) is 11.6 Å². The van der Waals surface area contributed by atoms with Crippen molar-refractivity contribution in [3.05, 3.63) is 53.1 Å². The minimum Gasteiger partial charge on any atom is -0.322 e. The fourth-order valence-corrected chi connectivity index (χ4v) is 5.49. The molecule has 0 aromatic heterocycles. The summed E-state index contributed by atoms with van der Waals surface area (Å²) in [6.45, 7) is 1.66. The van der Waals surface area contributed by atoms with Crippen LogP contribution in [0.4, 0.5) is 11.4 Å². The molecular weight excluding hydrogens is 426 g/mol. The van der Waals surface area contributed by atoms with Crippen LogP contribution in [0, 0.1) is 0 Å². The van der Waals surface area contributed by atoms with E-state index in [0.717, 1.165) is 19.3 Å². The number of halogens is 1. The third-order valence-corrected chi connectivity index (χ3v) is 7.62. The van der Waals surface area contributed by atoms with Crippen molar-refractivity contribution < 1.29 is 18.0 Å². The molecule has 0 unspecified atom stereocenters. The van der Waals surface area contributed by atoms with Crippen molar-refractivity contribution in [2.75, 3.05) is 29.9 Å². The number of carbonyl (C=O) groups excluding carboxylic acids is 2. The summed E-state index contributed by atoms with van der Waals surface area (Å²) >= 11 is 6.23. The van der Waals surface area contributed by atoms with Crippen molar-refractivity contribution in [1.29, 1.82) is 0 Å². The Kier molecular flexibility index (Phi) is 5.81. The number of rotatable bonds is 5. The first kappa shape index (κ1) is 20.8. The van der Waals surface area contributed by atoms with Crippen LogP contribution in [0.3, 0.4) is 0 Å². The lowest BCUT2D eigenvalue weighted by Crippen LogP contribution is -2.27. The van der Waals surface area contributed by atoms with E-state index in [0.29, 0.717) is 48.0 Å². The summed E-state index contributed by atoms with van der Waals surface area (Å²) < 4.78 is 26.7. The van der Waals surface area contributed by atoms with Crippen molar-refractivity contribution in [1.82, 2.24) is 4.31 Å². The summed E-state index contributed by atoms with van der Waals surface area (Å²) in [6.07, 6.45) is 2.98. The second kappa shape index (κ2) is 8.37. The zero-order valence-electron chi connectivity index (χ0n) is 16.3. The minimum absolute atomic E-state index is 0.00995. The molecule has 2 aromatic rings. The Bertz CT molecular complexity index is 1080. The molecule has 4 rings (SSSR count). The zero-order chi connectivity index (χ0) is 21.3. The third-order valence-electron chi connectivity index (χ3n) is 5.39. The molecule has 2 aromatic carbocycles. The first-order valence-corrected chi connectivity index (χ1v) is 11.7. The van der Waals surface area contributed by atoms with Gasteiger partial charge in [-0.05, 0) is 61.7 Å². The number of sulfonamides is 1. The summed E-state index contributed by atoms with van der Waals surface area (Å²) in [5, 5.41) is 3.18. The molecule has 9 heteroatoms. The Hall–Kier alpha value is -2.42. The molecule has 2 aliphatic heterocycles. The molecule has 0 spiro atoms. The molecule has 30 heavy (non-hydrogen) atoms. The Balaban J connectivity index is 1.50. The first-order chi connectivity index (χ1) is 14.4. The van der Waals surface area contributed by atoms with Gasteiger partial charge in [0.15, 0.2) is 0 Å². The lowest BCUT2D eigenvalue weighted by atomic mass is 10.1. The first-order valence-electron chi connectivity index (χ1n) is 9.88. The summed E-state index contributed by atoms with van der Waals surface area (Å²) in [5.74, 6) is -0.376. The number of benzene rings is 2. The number of nitrogens with zero attached hydrogens (tertiary/aromatic N) is 2. The van der Waals surface area contributed by atoms with E-state index >= 15 is 0 Å². The number of carbonyl (C=O) groups is 2. The Morgan fingerprint density at radius 1 is 0.967 bits per heavy atom. The zero-order valence-corrected chi connectivity index (χ0v) is 17.9. The monoisotopic (exact) mass is 447 g/mol. The highest BCUT2D eigenvalue weighted by molar-refractivity contribution is 7.89. The average molecular weight is 448 g/mol. The summed E-state index contributed by atoms with van der Waals surface area (Å²) in [4.78, 5) is 26.5. The van der Waals surface area contributed by atoms with Crippen LogP contribution >= 0.6 is 11.6 Å². The van der Waals surface area contributed by atoms with Crippen LogP contribution in [-0.4, -0.2) is 44.2 Å². The lowest BCUT2D eigenvalue weighted by Gasteiger charge is -2.18. The summed E-state index contributed by atoms with van der Waals surface area (Å²) in [6, 6.07) is 10.9. The Labute approximate surface area is 180 Å². The van der Waals surface area contributed by atoms with Crippen molar-refractivity contribution in [2.45, 2.75) is 30.6 Å². The van der Waals surface area contributed by atoms with Gasteiger partial charge in [-0.3, -0.25) is 9.59 Å². The molecule has 0 aliphatic carbocycles. The van der Waals surface area contributed by atoms with Crippen molar-refractivity contribution >= 4 is 44.8 Å². The highest BCUT2D eigenvalue weighted by Crippen LogP contribution is 2.31. The van der Waals surface area contributed by atoms with Crippen LogP contribution in [0.25, 0.3) is 0 Å². The largest absolute Gasteiger partial charge is 0.322 e. The van der Waals surface area contributed by atoms with E-state index in [-0.39, 0.29) is 16.7 Å². The highest BCUT2D eigenvalue weighted by Gasteiger charge is 2.27. The van der Waals surface area contributed by atoms with E-state index in [1.54, 1.807) is 35.2 Å². The molecule has 2 fully saturated rings. The molecule has 2 aliphatic rings. The van der Waals surface area contributed by atoms with Gasteiger partial charge in [-0.2, -0.15) is 4.31 Å². The SMILES string of the molecule is O=C(Nc1ccc(S(=O)(=O)N2CCCC2)cc1)c1ccc(Cl)c(N2CCCC2=O)c1. The molecule has 1 N–H and O–H groups in total. The molecule has 0 radical (unpaired) electrons. The molecule has 2 amide bonds. The third kappa shape index (κ3) is 4.08. The van der Waals surface area contributed by atoms with Crippen LogP contribution in [0.15, 0.2) is 47.4 Å². The van der Waals surface area contributed by atoms with Gasteiger partial charge in [-0.25, -0.2) is 8.42 Å². The van der Waals surface area contributed by atoms with Crippen LogP contribution in [0.5, 0.6) is 0 Å². The number of amides is 2. The minimum atomic E-state index is -3.49. The van der Waals surface area contributed by atoms with Crippen LogP contribution in [0.2, 0.25) is 5.02 Å². The lowest BCUT2D eigenvalue weighted by molar-refractivity contribution is -0.117. The molecule has 7 nitrogen and oxygen atoms in total. The predicted molar refractivity (Wildman–Crippen MR) is 115 cm³/mol. The number of hydrogen-bond donors (Lipinski definition) is 1. The normalized spacial score (nSPS) is 17.5. The molecule has 158 valence electrons. The highest BCUT2D eigenvalue weighted by atomic mass is 35.5. The topological polar surface area (TPSA) is 86.8 Å². The van der Waals surface area contributed by atoms with Gasteiger partial charge in [0, 0.05) is 37.3 Å². The maximum Gasteiger partial charge on any atom is 0.255 e. The molecule has 0 atom stereocenters. The quantitative estimate of drug-likeness (QED) is 0.759. The van der Waals surface area contributed by atoms with E-state index < -0.39 is 10.0 Å². The van der Waals surface area contributed by atoms with Gasteiger partial charge >= 0.3 is 0 Å². The Morgan fingerprint density at radius 3 is 2.30 bits per heavy atom. The predicted octanol–water partition coefficient (Wildman–Crippen LogP) is 3.50. The van der Waals surface area contributed by atoms with E-state index in [1.165, 1.54) is 16.4 Å². The number of anilines is 2. The van der Waals surface area contributed by atoms with E-state index in [1.807, 2.05) is 0 Å². The maximum atomic E-state index is 12.7. The second-order valence-corrected chi connectivity index (χ2v) is 9.75. The van der Waals surface area contributed by atoms with Gasteiger partial charge in [0.2, 0.25) is 15.9 Å². The molecule has 0 saturated carbocycles. The standard InChI is InChI=1S/C21H22ClN3O4S/c22-18-10-5-15(14-19(18)25-13-3-4-20(25)26)21(27)23-16-6-8-17(9-7-16)30(28,29)24-11-1-2-12-24/h5-10,14H,1-4,11-13H2,(H,23,27). The Morgan fingerprint density at radius 2 is 1.67 bits per heavy atom. The molecule has 2 saturated heterocycles. The van der Waals surface area contributed by atoms with Gasteiger partial charge < -0.3 is 10.2 Å². The van der Waals surface area contributed by atoms with Crippen LogP contribution in [-0.2, 0) is 14.8 Å². The van der Waals surface area contributed by atoms with E-state index in [2.05, 4.69) is 5.32 Å².